The average molecular weight is 218 g/mol. The molecule has 0 aromatic heterocycles. The summed E-state index contributed by atoms with van der Waals surface area (Å²) in [5, 5.41) is 0.152. The summed E-state index contributed by atoms with van der Waals surface area (Å²) in [6.07, 6.45) is 2.95. The Morgan fingerprint density at radius 2 is 2.36 bits per heavy atom. The minimum Gasteiger partial charge on any atom is -0.341 e. The molecule has 1 heterocycles. The molecule has 0 aromatic carbocycles. The number of likely N-dealkylation sites (tertiary alicyclic amines) is 1. The summed E-state index contributed by atoms with van der Waals surface area (Å²) in [5.41, 5.74) is 5.66. The minimum absolute atomic E-state index is 0.00932. The molecule has 14 heavy (non-hydrogen) atoms. The predicted molar refractivity (Wildman–Crippen MR) is 57.3 cm³/mol. The van der Waals surface area contributed by atoms with Crippen LogP contribution < -0.4 is 5.73 Å². The van der Waals surface area contributed by atoms with Gasteiger partial charge in [0.25, 0.3) is 0 Å². The van der Waals surface area contributed by atoms with Crippen molar-refractivity contribution in [3.8, 4) is 0 Å². The Hall–Kier alpha value is -0.420. The monoisotopic (exact) mass is 218 g/mol. The highest BCUT2D eigenvalue weighted by Crippen LogP contribution is 2.11. The highest BCUT2D eigenvalue weighted by Gasteiger charge is 2.26. The molecule has 0 bridgehead atoms. The van der Waals surface area contributed by atoms with Gasteiger partial charge in [-0.25, -0.2) is 0 Å². The van der Waals surface area contributed by atoms with E-state index in [0.717, 1.165) is 6.42 Å². The molecule has 82 valence electrons. The van der Waals surface area contributed by atoms with Gasteiger partial charge in [0.1, 0.15) is 0 Å². The maximum atomic E-state index is 11.3. The maximum absolute atomic E-state index is 11.3. The van der Waals surface area contributed by atoms with Gasteiger partial charge in [0.05, 0.1) is 0 Å². The first kappa shape index (κ1) is 11.7. The van der Waals surface area contributed by atoms with Crippen LogP contribution >= 0.6 is 0 Å². The number of hydrogen-bond donors (Lipinski definition) is 1. The summed E-state index contributed by atoms with van der Waals surface area (Å²) >= 11 is 0. The fourth-order valence-electron chi connectivity index (χ4n) is 1.52. The molecule has 0 spiro atoms. The lowest BCUT2D eigenvalue weighted by Gasteiger charge is -2.17. The van der Waals surface area contributed by atoms with Gasteiger partial charge in [0, 0.05) is 47.9 Å². The van der Waals surface area contributed by atoms with Crippen molar-refractivity contribution >= 4 is 16.7 Å². The molecule has 1 aliphatic heterocycles. The zero-order chi connectivity index (χ0) is 10.7. The molecule has 5 heteroatoms. The molecular weight excluding hydrogens is 200 g/mol. The Balaban J connectivity index is 2.31. The summed E-state index contributed by atoms with van der Waals surface area (Å²) in [6, 6.07) is -0.00932. The highest BCUT2D eigenvalue weighted by molar-refractivity contribution is 7.84. The molecule has 0 radical (unpaired) electrons. The number of hydrogen-bond acceptors (Lipinski definition) is 3. The normalized spacial score (nSPS) is 26.6. The minimum atomic E-state index is -0.800. The number of amides is 1. The summed E-state index contributed by atoms with van der Waals surface area (Å²) in [7, 11) is -0.800. The van der Waals surface area contributed by atoms with E-state index in [0.29, 0.717) is 19.5 Å². The van der Waals surface area contributed by atoms with Gasteiger partial charge in [-0.3, -0.25) is 9.00 Å². The van der Waals surface area contributed by atoms with Crippen LogP contribution in [0.2, 0.25) is 0 Å². The van der Waals surface area contributed by atoms with E-state index in [1.807, 2.05) is 6.92 Å². The lowest BCUT2D eigenvalue weighted by Crippen LogP contribution is -2.31. The standard InChI is InChI=1S/C9H18N2O2S/c1-7(14(2)13)3-4-11-6-8(10)5-9(11)12/h7-8H,3-6,10H2,1-2H3. The van der Waals surface area contributed by atoms with Gasteiger partial charge in [-0.1, -0.05) is 6.92 Å². The van der Waals surface area contributed by atoms with Crippen LogP contribution in [-0.4, -0.2) is 45.7 Å². The predicted octanol–water partition coefficient (Wildman–Crippen LogP) is -0.297. The van der Waals surface area contributed by atoms with E-state index in [1.54, 1.807) is 11.2 Å². The van der Waals surface area contributed by atoms with Crippen molar-refractivity contribution in [2.45, 2.75) is 31.1 Å². The molecule has 0 aliphatic carbocycles. The molecular formula is C9H18N2O2S. The number of rotatable bonds is 4. The molecule has 4 nitrogen and oxygen atoms in total. The largest absolute Gasteiger partial charge is 0.341 e. The Morgan fingerprint density at radius 1 is 1.71 bits per heavy atom. The van der Waals surface area contributed by atoms with Gasteiger partial charge in [0.15, 0.2) is 0 Å². The molecule has 1 aliphatic rings. The molecule has 1 rings (SSSR count). The molecule has 1 amide bonds. The Labute approximate surface area is 87.3 Å². The zero-order valence-electron chi connectivity index (χ0n) is 8.73. The van der Waals surface area contributed by atoms with Gasteiger partial charge in [-0.05, 0) is 6.42 Å². The van der Waals surface area contributed by atoms with E-state index >= 15 is 0 Å². The number of carbonyl (C=O) groups is 1. The lowest BCUT2D eigenvalue weighted by molar-refractivity contribution is -0.127. The zero-order valence-corrected chi connectivity index (χ0v) is 9.55. The van der Waals surface area contributed by atoms with Crippen LogP contribution in [-0.2, 0) is 15.6 Å². The van der Waals surface area contributed by atoms with Gasteiger partial charge >= 0.3 is 0 Å². The van der Waals surface area contributed by atoms with Crippen molar-refractivity contribution in [2.24, 2.45) is 5.73 Å². The summed E-state index contributed by atoms with van der Waals surface area (Å²) in [6.45, 7) is 3.28. The van der Waals surface area contributed by atoms with Gasteiger partial charge in [-0.15, -0.1) is 0 Å². The average Bonchev–Trinajstić information content (AvgIpc) is 2.40. The van der Waals surface area contributed by atoms with Crippen LogP contribution in [0.25, 0.3) is 0 Å². The highest BCUT2D eigenvalue weighted by atomic mass is 32.2. The third-order valence-corrected chi connectivity index (χ3v) is 3.99. The Kier molecular flexibility index (Phi) is 4.07. The molecule has 2 N–H and O–H groups in total. The first-order valence-electron chi connectivity index (χ1n) is 4.86. The third-order valence-electron chi connectivity index (χ3n) is 2.62. The van der Waals surface area contributed by atoms with Gasteiger partial charge < -0.3 is 10.6 Å². The van der Waals surface area contributed by atoms with Crippen LogP contribution in [0.1, 0.15) is 19.8 Å². The van der Waals surface area contributed by atoms with Crippen LogP contribution in [0, 0.1) is 0 Å². The topological polar surface area (TPSA) is 63.4 Å². The van der Waals surface area contributed by atoms with Crippen LogP contribution in [0.5, 0.6) is 0 Å². The summed E-state index contributed by atoms with van der Waals surface area (Å²) in [5.74, 6) is 0.131. The van der Waals surface area contributed by atoms with Crippen molar-refractivity contribution in [1.82, 2.24) is 4.90 Å². The van der Waals surface area contributed by atoms with Crippen LogP contribution in [0.15, 0.2) is 0 Å². The van der Waals surface area contributed by atoms with E-state index in [4.69, 9.17) is 5.73 Å². The lowest BCUT2D eigenvalue weighted by atomic mass is 10.3. The molecule has 1 saturated heterocycles. The molecule has 3 atom stereocenters. The van der Waals surface area contributed by atoms with Crippen molar-refractivity contribution in [3.63, 3.8) is 0 Å². The van der Waals surface area contributed by atoms with Crippen LogP contribution in [0.3, 0.4) is 0 Å². The Morgan fingerprint density at radius 3 is 2.79 bits per heavy atom. The van der Waals surface area contributed by atoms with E-state index in [1.165, 1.54) is 0 Å². The van der Waals surface area contributed by atoms with Crippen molar-refractivity contribution in [3.05, 3.63) is 0 Å². The van der Waals surface area contributed by atoms with E-state index < -0.39 is 10.8 Å². The smallest absolute Gasteiger partial charge is 0.224 e. The number of nitrogens with two attached hydrogens (primary N) is 1. The Bertz CT molecular complexity index is 245. The summed E-state index contributed by atoms with van der Waals surface area (Å²) < 4.78 is 11.1. The van der Waals surface area contributed by atoms with E-state index in [9.17, 15) is 9.00 Å². The second-order valence-corrected chi connectivity index (χ2v) is 5.70. The molecule has 0 saturated carbocycles. The molecule has 3 unspecified atom stereocenters. The van der Waals surface area contributed by atoms with Gasteiger partial charge in [0.2, 0.25) is 5.91 Å². The van der Waals surface area contributed by atoms with E-state index in [2.05, 4.69) is 0 Å². The SMILES string of the molecule is CC(CCN1CC(N)CC1=O)S(C)=O. The van der Waals surface area contributed by atoms with Crippen LogP contribution in [0.4, 0.5) is 0 Å². The first-order valence-corrected chi connectivity index (χ1v) is 6.48. The van der Waals surface area contributed by atoms with Gasteiger partial charge in [-0.2, -0.15) is 0 Å². The van der Waals surface area contributed by atoms with Crippen molar-refractivity contribution < 1.29 is 9.00 Å². The number of nitrogens with zero attached hydrogens (tertiary/aromatic N) is 1. The summed E-state index contributed by atoms with van der Waals surface area (Å²) in [4.78, 5) is 13.1. The fourth-order valence-corrected chi connectivity index (χ4v) is 1.96. The number of carbonyl (C=O) groups excluding carboxylic acids is 1. The molecule has 1 fully saturated rings. The third kappa shape index (κ3) is 3.06. The molecule has 0 aromatic rings. The first-order chi connectivity index (χ1) is 6.50. The second-order valence-electron chi connectivity index (χ2n) is 3.90. The quantitative estimate of drug-likeness (QED) is 0.705. The van der Waals surface area contributed by atoms with Crippen molar-refractivity contribution in [1.29, 1.82) is 0 Å². The van der Waals surface area contributed by atoms with E-state index in [-0.39, 0.29) is 17.2 Å². The van der Waals surface area contributed by atoms with Crippen molar-refractivity contribution in [2.75, 3.05) is 19.3 Å². The maximum Gasteiger partial charge on any atom is 0.224 e. The fraction of sp³-hybridized carbons (Fsp3) is 0.889. The second kappa shape index (κ2) is 4.89.